The van der Waals surface area contributed by atoms with E-state index in [2.05, 4.69) is 0 Å². The number of carboxylic acid groups (broad SMARTS) is 2. The number of aromatic carboxylic acids is 1. The summed E-state index contributed by atoms with van der Waals surface area (Å²) in [5, 5.41) is 52.3. The molecule has 0 spiro atoms. The number of benzene rings is 1. The maximum Gasteiger partial charge on any atom is 0.488 e. The maximum absolute atomic E-state index is 10.4. The molecule has 0 saturated carbocycles. The van der Waals surface area contributed by atoms with E-state index in [1.54, 1.807) is 0 Å². The number of carbonyl (C=O) groups is 2. The zero-order chi connectivity index (χ0) is 17.7. The van der Waals surface area contributed by atoms with Crippen LogP contribution in [0.15, 0.2) is 24.3 Å². The Balaban J connectivity index is 0.000000409. The van der Waals surface area contributed by atoms with E-state index in [-0.39, 0.29) is 11.0 Å². The van der Waals surface area contributed by atoms with Crippen LogP contribution in [0.25, 0.3) is 0 Å². The highest BCUT2D eigenvalue weighted by Crippen LogP contribution is 2.20. The smallest absolute Gasteiger partial charge is 0.479 e. The first-order valence-electron chi connectivity index (χ1n) is 6.18. The van der Waals surface area contributed by atoms with Gasteiger partial charge in [-0.1, -0.05) is 12.1 Å². The van der Waals surface area contributed by atoms with Gasteiger partial charge in [-0.05, 0) is 38.4 Å². The quantitative estimate of drug-likeness (QED) is 0.373. The average molecular weight is 314 g/mol. The van der Waals surface area contributed by atoms with Gasteiger partial charge in [-0.2, -0.15) is 0 Å². The largest absolute Gasteiger partial charge is 0.488 e. The maximum atomic E-state index is 10.4. The van der Waals surface area contributed by atoms with E-state index in [4.69, 9.17) is 30.5 Å². The van der Waals surface area contributed by atoms with E-state index >= 15 is 0 Å². The lowest BCUT2D eigenvalue weighted by atomic mass is 9.80. The summed E-state index contributed by atoms with van der Waals surface area (Å²) in [5.74, 6) is -2.46. The molecule has 0 fully saturated rings. The van der Waals surface area contributed by atoms with Gasteiger partial charge in [-0.3, -0.25) is 0 Å². The van der Waals surface area contributed by atoms with Crippen molar-refractivity contribution in [2.75, 3.05) is 0 Å². The molecule has 0 aliphatic carbocycles. The minimum absolute atomic E-state index is 0.124. The van der Waals surface area contributed by atoms with E-state index in [0.29, 0.717) is 0 Å². The first-order valence-corrected chi connectivity index (χ1v) is 6.18. The molecule has 0 radical (unpaired) electrons. The normalized spacial score (nSPS) is 13.4. The highest BCUT2D eigenvalue weighted by molar-refractivity contribution is 6.58. The molecular weight excluding hydrogens is 295 g/mol. The molecule has 122 valence electrons. The van der Waals surface area contributed by atoms with E-state index in [1.165, 1.54) is 38.1 Å². The van der Waals surface area contributed by atoms with Gasteiger partial charge in [0.05, 0.1) is 11.2 Å². The summed E-state index contributed by atoms with van der Waals surface area (Å²) in [7, 11) is -1.55. The Kier molecular flexibility index (Phi) is 6.72. The molecule has 8 nitrogen and oxygen atoms in total. The van der Waals surface area contributed by atoms with Crippen LogP contribution in [0.4, 0.5) is 0 Å². The van der Waals surface area contributed by atoms with Crippen molar-refractivity contribution in [1.29, 1.82) is 0 Å². The number of hydrogen-bond donors (Lipinski definition) is 6. The summed E-state index contributed by atoms with van der Waals surface area (Å²) < 4.78 is 0. The van der Waals surface area contributed by atoms with Crippen LogP contribution in [0.2, 0.25) is 0 Å². The fraction of sp³-hybridized carbons (Fsp3) is 0.385. The second-order valence-corrected chi connectivity index (χ2v) is 5.24. The Hall–Kier alpha value is -1.94. The molecular formula is C13H19BO8. The summed E-state index contributed by atoms with van der Waals surface area (Å²) in [6, 6.07) is 5.34. The number of aliphatic carboxylic acids is 1. The minimum atomic E-state index is -2.09. The first-order chi connectivity index (χ1) is 9.80. The molecule has 1 atom stereocenters. The Morgan fingerprint density at radius 3 is 1.55 bits per heavy atom. The Labute approximate surface area is 127 Å². The molecule has 1 aromatic carbocycles. The summed E-state index contributed by atoms with van der Waals surface area (Å²) >= 11 is 0. The van der Waals surface area contributed by atoms with Crippen molar-refractivity contribution >= 4 is 24.5 Å². The monoisotopic (exact) mass is 314 g/mol. The molecule has 1 rings (SSSR count). The Morgan fingerprint density at radius 1 is 0.955 bits per heavy atom. The number of hydrogen-bond acceptors (Lipinski definition) is 6. The second-order valence-electron chi connectivity index (χ2n) is 5.24. The van der Waals surface area contributed by atoms with Gasteiger partial charge < -0.3 is 30.5 Å². The topological polar surface area (TPSA) is 156 Å². The third kappa shape index (κ3) is 5.45. The molecule has 9 heteroatoms. The van der Waals surface area contributed by atoms with Gasteiger partial charge in [0.2, 0.25) is 0 Å². The highest BCUT2D eigenvalue weighted by Gasteiger charge is 2.44. The lowest BCUT2D eigenvalue weighted by molar-refractivity contribution is -0.181. The van der Waals surface area contributed by atoms with Crippen molar-refractivity contribution < 1.29 is 40.1 Å². The summed E-state index contributed by atoms with van der Waals surface area (Å²) in [6.07, 6.45) is 0. The van der Waals surface area contributed by atoms with Gasteiger partial charge in [0.25, 0.3) is 0 Å². The molecule has 22 heavy (non-hydrogen) atoms. The fourth-order valence-corrected chi connectivity index (χ4v) is 1.06. The third-order valence-corrected chi connectivity index (χ3v) is 3.06. The third-order valence-electron chi connectivity index (χ3n) is 3.06. The van der Waals surface area contributed by atoms with Crippen molar-refractivity contribution in [2.24, 2.45) is 0 Å². The molecule has 0 saturated heterocycles. The first kappa shape index (κ1) is 20.1. The van der Waals surface area contributed by atoms with Crippen LogP contribution < -0.4 is 5.46 Å². The van der Waals surface area contributed by atoms with Gasteiger partial charge in [0.15, 0.2) is 5.60 Å². The molecule has 0 bridgehead atoms. The number of carboxylic acids is 2. The predicted octanol–water partition coefficient (Wildman–Crippen LogP) is -1.34. The Morgan fingerprint density at radius 2 is 1.36 bits per heavy atom. The predicted molar refractivity (Wildman–Crippen MR) is 77.8 cm³/mol. The molecule has 0 aromatic heterocycles. The lowest BCUT2D eigenvalue weighted by Crippen LogP contribution is -2.53. The summed E-state index contributed by atoms with van der Waals surface area (Å²) in [6.45, 7) is 3.53. The van der Waals surface area contributed by atoms with Crippen LogP contribution in [0.3, 0.4) is 0 Å². The minimum Gasteiger partial charge on any atom is -0.479 e. The van der Waals surface area contributed by atoms with Crippen molar-refractivity contribution in [3.05, 3.63) is 29.8 Å². The van der Waals surface area contributed by atoms with Gasteiger partial charge in [-0.25, -0.2) is 9.59 Å². The van der Waals surface area contributed by atoms with Crippen LogP contribution in [-0.2, 0) is 4.79 Å². The molecule has 1 unspecified atom stereocenters. The van der Waals surface area contributed by atoms with Gasteiger partial charge >= 0.3 is 19.1 Å². The lowest BCUT2D eigenvalue weighted by Gasteiger charge is -2.30. The Bertz CT molecular complexity index is 516. The van der Waals surface area contributed by atoms with Crippen LogP contribution in [-0.4, -0.2) is 60.7 Å². The van der Waals surface area contributed by atoms with Crippen molar-refractivity contribution in [1.82, 2.24) is 0 Å². The number of aliphatic hydroxyl groups is 2. The average Bonchev–Trinajstić information content (AvgIpc) is 2.38. The van der Waals surface area contributed by atoms with Crippen molar-refractivity contribution in [2.45, 2.75) is 32.0 Å². The molecule has 0 aliphatic heterocycles. The van der Waals surface area contributed by atoms with E-state index in [9.17, 15) is 9.59 Å². The van der Waals surface area contributed by atoms with Crippen molar-refractivity contribution in [3.63, 3.8) is 0 Å². The second kappa shape index (κ2) is 7.36. The van der Waals surface area contributed by atoms with E-state index < -0.39 is 30.3 Å². The van der Waals surface area contributed by atoms with Gasteiger partial charge in [0.1, 0.15) is 0 Å². The van der Waals surface area contributed by atoms with Gasteiger partial charge in [0, 0.05) is 0 Å². The van der Waals surface area contributed by atoms with Crippen LogP contribution in [0.1, 0.15) is 31.1 Å². The summed E-state index contributed by atoms with van der Waals surface area (Å²) in [5.41, 5.74) is -3.31. The van der Waals surface area contributed by atoms with E-state index in [0.717, 1.165) is 6.92 Å². The van der Waals surface area contributed by atoms with Crippen molar-refractivity contribution in [3.8, 4) is 0 Å². The van der Waals surface area contributed by atoms with Gasteiger partial charge in [-0.15, -0.1) is 0 Å². The molecule has 0 amide bonds. The zero-order valence-electron chi connectivity index (χ0n) is 12.4. The van der Waals surface area contributed by atoms with Crippen LogP contribution in [0.5, 0.6) is 0 Å². The zero-order valence-corrected chi connectivity index (χ0v) is 12.4. The molecule has 0 heterocycles. The van der Waals surface area contributed by atoms with Crippen LogP contribution >= 0.6 is 0 Å². The molecule has 0 aliphatic rings. The molecule has 1 aromatic rings. The van der Waals surface area contributed by atoms with Crippen LogP contribution in [0, 0.1) is 0 Å². The molecule has 6 N–H and O–H groups in total. The number of rotatable bonds is 4. The fourth-order valence-electron chi connectivity index (χ4n) is 1.06. The standard InChI is InChI=1S/C7H7BO4.C6H12O4/c9-7(10)5-1-3-6(4-2-5)8(11)12;1-5(2,9)6(3,10)4(7)8/h1-4,11-12H,(H,9,10);9-10H,1-3H3,(H,7,8). The summed E-state index contributed by atoms with van der Waals surface area (Å²) in [4.78, 5) is 20.6. The SMILES string of the molecule is CC(C)(O)C(C)(O)C(=O)O.O=C(O)c1ccc(B(O)O)cc1. The van der Waals surface area contributed by atoms with E-state index in [1.807, 2.05) is 0 Å². The highest BCUT2D eigenvalue weighted by atomic mass is 16.4.